The molecule has 4 atom stereocenters. The molecule has 140 valence electrons. The summed E-state index contributed by atoms with van der Waals surface area (Å²) in [5.41, 5.74) is 0.182. The monoisotopic (exact) mass is 377 g/mol. The van der Waals surface area contributed by atoms with Gasteiger partial charge in [0.1, 0.15) is 11.6 Å². The van der Waals surface area contributed by atoms with E-state index in [-0.39, 0.29) is 46.8 Å². The molecule has 0 radical (unpaired) electrons. The normalized spacial score (nSPS) is 27.4. The van der Waals surface area contributed by atoms with Crippen molar-refractivity contribution in [3.8, 4) is 5.75 Å². The van der Waals surface area contributed by atoms with Crippen LogP contribution in [0.25, 0.3) is 0 Å². The minimum atomic E-state index is -0.839. The molecule has 0 N–H and O–H groups in total. The second kappa shape index (κ2) is 6.12. The van der Waals surface area contributed by atoms with Crippen molar-refractivity contribution in [1.29, 1.82) is 0 Å². The summed E-state index contributed by atoms with van der Waals surface area (Å²) in [5.74, 6) is -2.13. The first kappa shape index (κ1) is 16.9. The van der Waals surface area contributed by atoms with Gasteiger partial charge >= 0.3 is 5.97 Å². The highest BCUT2D eigenvalue weighted by Gasteiger charge is 2.59. The van der Waals surface area contributed by atoms with Crippen molar-refractivity contribution >= 4 is 23.5 Å². The molecule has 1 heterocycles. The van der Waals surface area contributed by atoms with E-state index in [2.05, 4.69) is 0 Å². The number of imide groups is 1. The molecular formula is C22H16FNO4. The minimum absolute atomic E-state index is 0.124. The van der Waals surface area contributed by atoms with Crippen LogP contribution >= 0.6 is 0 Å². The molecule has 5 rings (SSSR count). The topological polar surface area (TPSA) is 63.7 Å². The summed E-state index contributed by atoms with van der Waals surface area (Å²) >= 11 is 0. The van der Waals surface area contributed by atoms with E-state index in [4.69, 9.17) is 4.74 Å². The lowest BCUT2D eigenvalue weighted by Crippen LogP contribution is -2.32. The number of ether oxygens (including phenoxy) is 1. The number of amides is 2. The zero-order chi connectivity index (χ0) is 19.4. The number of benzene rings is 2. The highest BCUT2D eigenvalue weighted by molar-refractivity contribution is 6.22. The second-order valence-corrected chi connectivity index (χ2v) is 7.38. The molecule has 1 saturated carbocycles. The van der Waals surface area contributed by atoms with E-state index < -0.39 is 11.8 Å². The standard InChI is InChI=1S/C22H16FNO4/c23-17-7-2-1-6-16(17)22(27)28-15-5-3-4-14(11-15)24-20(25)18-12-8-9-13(10-12)19(18)21(24)26/h1-9,11-13,18-19H,10H2/t12-,13-,18+,19+/m0/s1. The molecule has 2 amide bonds. The van der Waals surface area contributed by atoms with E-state index in [1.54, 1.807) is 18.2 Å². The van der Waals surface area contributed by atoms with Crippen LogP contribution in [0.4, 0.5) is 10.1 Å². The van der Waals surface area contributed by atoms with E-state index in [9.17, 15) is 18.8 Å². The lowest BCUT2D eigenvalue weighted by atomic mass is 9.85. The van der Waals surface area contributed by atoms with Crippen LogP contribution in [-0.4, -0.2) is 17.8 Å². The van der Waals surface area contributed by atoms with Crippen molar-refractivity contribution in [2.75, 3.05) is 4.90 Å². The number of rotatable bonds is 3. The van der Waals surface area contributed by atoms with Gasteiger partial charge in [0, 0.05) is 6.07 Å². The summed E-state index contributed by atoms with van der Waals surface area (Å²) in [5, 5.41) is 0. The summed E-state index contributed by atoms with van der Waals surface area (Å²) in [6, 6.07) is 11.8. The lowest BCUT2D eigenvalue weighted by Gasteiger charge is -2.18. The third-order valence-electron chi connectivity index (χ3n) is 5.85. The summed E-state index contributed by atoms with van der Waals surface area (Å²) in [6.07, 6.45) is 4.93. The number of halogens is 1. The molecule has 2 aliphatic carbocycles. The number of hydrogen-bond donors (Lipinski definition) is 0. The maximum atomic E-state index is 13.8. The van der Waals surface area contributed by atoms with Gasteiger partial charge in [-0.25, -0.2) is 14.1 Å². The third-order valence-corrected chi connectivity index (χ3v) is 5.85. The zero-order valence-electron chi connectivity index (χ0n) is 14.7. The largest absolute Gasteiger partial charge is 0.423 e. The fourth-order valence-electron chi connectivity index (χ4n) is 4.63. The molecule has 0 unspecified atom stereocenters. The zero-order valence-corrected chi connectivity index (χ0v) is 14.7. The van der Waals surface area contributed by atoms with Gasteiger partial charge in [-0.1, -0.05) is 30.4 Å². The molecule has 1 saturated heterocycles. The Hall–Kier alpha value is -3.28. The molecule has 6 heteroatoms. The summed E-state index contributed by atoms with van der Waals surface area (Å²) in [6.45, 7) is 0. The number of fused-ring (bicyclic) bond motifs is 5. The van der Waals surface area contributed by atoms with Crippen molar-refractivity contribution in [2.24, 2.45) is 23.7 Å². The predicted octanol–water partition coefficient (Wildman–Crippen LogP) is 3.36. The maximum absolute atomic E-state index is 13.8. The van der Waals surface area contributed by atoms with Crippen LogP contribution in [0, 0.1) is 29.5 Å². The van der Waals surface area contributed by atoms with Gasteiger partial charge in [0.15, 0.2) is 0 Å². The molecule has 1 aliphatic heterocycles. The molecule has 5 nitrogen and oxygen atoms in total. The fraction of sp³-hybridized carbons (Fsp3) is 0.227. The van der Waals surface area contributed by atoms with Gasteiger partial charge in [0.2, 0.25) is 11.8 Å². The molecule has 2 bridgehead atoms. The summed E-state index contributed by atoms with van der Waals surface area (Å²) in [7, 11) is 0. The first-order valence-electron chi connectivity index (χ1n) is 9.17. The Morgan fingerprint density at radius 1 is 0.964 bits per heavy atom. The van der Waals surface area contributed by atoms with E-state index in [0.717, 1.165) is 6.42 Å². The van der Waals surface area contributed by atoms with Gasteiger partial charge < -0.3 is 4.74 Å². The molecule has 28 heavy (non-hydrogen) atoms. The molecule has 0 spiro atoms. The van der Waals surface area contributed by atoms with E-state index in [1.807, 2.05) is 12.2 Å². The first-order chi connectivity index (χ1) is 13.5. The highest BCUT2D eigenvalue weighted by atomic mass is 19.1. The lowest BCUT2D eigenvalue weighted by molar-refractivity contribution is -0.123. The van der Waals surface area contributed by atoms with Gasteiger partial charge in [0.05, 0.1) is 23.1 Å². The third kappa shape index (κ3) is 2.41. The minimum Gasteiger partial charge on any atom is -0.423 e. The number of esters is 1. The Morgan fingerprint density at radius 2 is 1.64 bits per heavy atom. The number of carbonyl (C=O) groups excluding carboxylic acids is 3. The van der Waals surface area contributed by atoms with Crippen LogP contribution in [0.2, 0.25) is 0 Å². The first-order valence-corrected chi connectivity index (χ1v) is 9.17. The average Bonchev–Trinajstić information content (AvgIpc) is 3.36. The maximum Gasteiger partial charge on any atom is 0.346 e. The molecule has 2 aromatic carbocycles. The molecule has 2 fully saturated rings. The summed E-state index contributed by atoms with van der Waals surface area (Å²) in [4.78, 5) is 39.2. The van der Waals surface area contributed by atoms with Crippen LogP contribution in [0.15, 0.2) is 60.7 Å². The van der Waals surface area contributed by atoms with Crippen LogP contribution in [0.5, 0.6) is 5.75 Å². The van der Waals surface area contributed by atoms with Gasteiger partial charge in [-0.2, -0.15) is 0 Å². The van der Waals surface area contributed by atoms with Crippen LogP contribution in [0.3, 0.4) is 0 Å². The Balaban J connectivity index is 1.41. The Labute approximate surface area is 160 Å². The SMILES string of the molecule is O=C(Oc1cccc(N2C(=O)[C@H]3[C@H](C2=O)[C@H]2C=C[C@H]3C2)c1)c1ccccc1F. The second-order valence-electron chi connectivity index (χ2n) is 7.38. The van der Waals surface area contributed by atoms with Crippen LogP contribution in [-0.2, 0) is 9.59 Å². The smallest absolute Gasteiger partial charge is 0.346 e. The van der Waals surface area contributed by atoms with Gasteiger partial charge in [-0.05, 0) is 42.5 Å². The fourth-order valence-corrected chi connectivity index (χ4v) is 4.63. The number of allylic oxidation sites excluding steroid dienone is 2. The van der Waals surface area contributed by atoms with E-state index in [1.165, 1.54) is 35.2 Å². The molecule has 3 aliphatic rings. The Bertz CT molecular complexity index is 1020. The Kier molecular flexibility index (Phi) is 3.69. The Morgan fingerprint density at radius 3 is 2.32 bits per heavy atom. The van der Waals surface area contributed by atoms with Crippen LogP contribution in [0.1, 0.15) is 16.8 Å². The van der Waals surface area contributed by atoms with Crippen molar-refractivity contribution in [2.45, 2.75) is 6.42 Å². The molecular weight excluding hydrogens is 361 g/mol. The van der Waals surface area contributed by atoms with Crippen molar-refractivity contribution in [3.05, 3.63) is 72.1 Å². The number of anilines is 1. The van der Waals surface area contributed by atoms with Gasteiger partial charge in [0.25, 0.3) is 0 Å². The highest BCUT2D eigenvalue weighted by Crippen LogP contribution is 2.53. The van der Waals surface area contributed by atoms with Crippen molar-refractivity contribution in [1.82, 2.24) is 0 Å². The molecule has 0 aromatic heterocycles. The van der Waals surface area contributed by atoms with Gasteiger partial charge in [-0.3, -0.25) is 9.59 Å². The molecule has 2 aromatic rings. The number of hydrogen-bond acceptors (Lipinski definition) is 4. The van der Waals surface area contributed by atoms with Crippen molar-refractivity contribution < 1.29 is 23.5 Å². The van der Waals surface area contributed by atoms with Gasteiger partial charge in [-0.15, -0.1) is 0 Å². The average molecular weight is 377 g/mol. The predicted molar refractivity (Wildman–Crippen MR) is 98.0 cm³/mol. The number of carbonyl (C=O) groups is 3. The summed E-state index contributed by atoms with van der Waals surface area (Å²) < 4.78 is 19.0. The van der Waals surface area contributed by atoms with Crippen molar-refractivity contribution in [3.63, 3.8) is 0 Å². The number of nitrogens with zero attached hydrogens (tertiary/aromatic N) is 1. The quantitative estimate of drug-likeness (QED) is 0.356. The van der Waals surface area contributed by atoms with E-state index in [0.29, 0.717) is 5.69 Å². The van der Waals surface area contributed by atoms with E-state index >= 15 is 0 Å². The van der Waals surface area contributed by atoms with Crippen LogP contribution < -0.4 is 9.64 Å².